The number of carbonyl (C=O) groups is 1. The predicted octanol–water partition coefficient (Wildman–Crippen LogP) is 2.38. The number of carbonyl (C=O) groups excluding carboxylic acids is 1. The summed E-state index contributed by atoms with van der Waals surface area (Å²) >= 11 is 0. The molecule has 0 spiro atoms. The molecule has 0 radical (unpaired) electrons. The Labute approximate surface area is 91.2 Å². The van der Waals surface area contributed by atoms with Crippen LogP contribution in [-0.2, 0) is 4.79 Å². The van der Waals surface area contributed by atoms with Crippen molar-refractivity contribution in [1.82, 2.24) is 4.98 Å². The van der Waals surface area contributed by atoms with Crippen LogP contribution in [0.2, 0.25) is 0 Å². The third-order valence-electron chi connectivity index (χ3n) is 1.75. The van der Waals surface area contributed by atoms with Crippen molar-refractivity contribution in [3.8, 4) is 5.88 Å². The van der Waals surface area contributed by atoms with Crippen molar-refractivity contribution in [2.45, 2.75) is 33.8 Å². The average Bonchev–Trinajstić information content (AvgIpc) is 2.08. The number of pyridine rings is 1. The highest BCUT2D eigenvalue weighted by molar-refractivity contribution is 5.89. The molecule has 0 unspecified atom stereocenters. The Morgan fingerprint density at radius 2 is 2.27 bits per heavy atom. The molecule has 0 aliphatic carbocycles. The summed E-state index contributed by atoms with van der Waals surface area (Å²) < 4.78 is 5.43. The Morgan fingerprint density at radius 3 is 2.73 bits per heavy atom. The monoisotopic (exact) mass is 210 g/mol. The zero-order chi connectivity index (χ0) is 11.4. The lowest BCUT2D eigenvalue weighted by Crippen LogP contribution is -2.10. The molecular formula is C11H18N2O2. The number of ether oxygens (including phenoxy) is 1. The van der Waals surface area contributed by atoms with Crippen LogP contribution in [0.25, 0.3) is 0 Å². The first-order valence-electron chi connectivity index (χ1n) is 4.90. The van der Waals surface area contributed by atoms with E-state index >= 15 is 0 Å². The van der Waals surface area contributed by atoms with Gasteiger partial charge in [-0.25, -0.2) is 4.98 Å². The molecule has 0 atom stereocenters. The van der Waals surface area contributed by atoms with E-state index in [1.165, 1.54) is 6.92 Å². The van der Waals surface area contributed by atoms with Gasteiger partial charge in [-0.3, -0.25) is 4.79 Å². The largest absolute Gasteiger partial charge is 0.475 e. The van der Waals surface area contributed by atoms with Crippen LogP contribution in [0.3, 0.4) is 0 Å². The standard InChI is InChI=1S/C11H16N2O2.H2/c1-7(2)15-11-5-8(3)10(6-12-11)13-9(4)14;/h5-7H,1-4H3,(H,13,14);1H. The Hall–Kier alpha value is -1.58. The number of hydrogen-bond donors (Lipinski definition) is 1. The summed E-state index contributed by atoms with van der Waals surface area (Å²) in [5.41, 5.74) is 1.66. The molecule has 1 aromatic rings. The zero-order valence-corrected chi connectivity index (χ0v) is 9.50. The molecule has 0 aliphatic rings. The van der Waals surface area contributed by atoms with Crippen LogP contribution in [0.5, 0.6) is 5.88 Å². The summed E-state index contributed by atoms with van der Waals surface area (Å²) in [7, 11) is 0. The molecule has 1 aromatic heterocycles. The van der Waals surface area contributed by atoms with E-state index in [2.05, 4.69) is 10.3 Å². The van der Waals surface area contributed by atoms with Crippen LogP contribution in [0, 0.1) is 6.92 Å². The van der Waals surface area contributed by atoms with Crippen molar-refractivity contribution in [2.24, 2.45) is 0 Å². The van der Waals surface area contributed by atoms with Gasteiger partial charge in [-0.2, -0.15) is 0 Å². The maximum absolute atomic E-state index is 10.9. The van der Waals surface area contributed by atoms with Crippen molar-refractivity contribution in [1.29, 1.82) is 0 Å². The SMILES string of the molecule is CC(=O)Nc1cnc(OC(C)C)cc1C.[HH]. The number of nitrogens with zero attached hydrogens (tertiary/aromatic N) is 1. The first kappa shape index (κ1) is 11.5. The lowest BCUT2D eigenvalue weighted by atomic mass is 10.2. The van der Waals surface area contributed by atoms with E-state index in [9.17, 15) is 4.79 Å². The second-order valence-electron chi connectivity index (χ2n) is 3.69. The summed E-state index contributed by atoms with van der Waals surface area (Å²) in [6, 6.07) is 1.81. The number of anilines is 1. The predicted molar refractivity (Wildman–Crippen MR) is 61.2 cm³/mol. The fraction of sp³-hybridized carbons (Fsp3) is 0.455. The lowest BCUT2D eigenvalue weighted by molar-refractivity contribution is -0.114. The van der Waals surface area contributed by atoms with Gasteiger partial charge in [0.2, 0.25) is 11.8 Å². The lowest BCUT2D eigenvalue weighted by Gasteiger charge is -2.11. The Morgan fingerprint density at radius 1 is 1.60 bits per heavy atom. The third-order valence-corrected chi connectivity index (χ3v) is 1.75. The smallest absolute Gasteiger partial charge is 0.221 e. The maximum atomic E-state index is 10.9. The Bertz CT molecular complexity index is 367. The summed E-state index contributed by atoms with van der Waals surface area (Å²) in [5.74, 6) is 0.481. The Balaban J connectivity index is 0.00000225. The minimum absolute atomic E-state index is 0. The van der Waals surface area contributed by atoms with E-state index in [1.807, 2.05) is 26.8 Å². The second-order valence-corrected chi connectivity index (χ2v) is 3.69. The van der Waals surface area contributed by atoms with Gasteiger partial charge in [-0.1, -0.05) is 0 Å². The minimum atomic E-state index is -0.0996. The first-order valence-corrected chi connectivity index (χ1v) is 4.90. The van der Waals surface area contributed by atoms with E-state index in [-0.39, 0.29) is 13.4 Å². The molecule has 0 aromatic carbocycles. The van der Waals surface area contributed by atoms with Crippen molar-refractivity contribution in [3.63, 3.8) is 0 Å². The summed E-state index contributed by atoms with van der Waals surface area (Å²) in [4.78, 5) is 15.0. The van der Waals surface area contributed by atoms with Gasteiger partial charge in [0.25, 0.3) is 0 Å². The van der Waals surface area contributed by atoms with Crippen LogP contribution in [0.1, 0.15) is 27.8 Å². The van der Waals surface area contributed by atoms with Gasteiger partial charge >= 0.3 is 0 Å². The van der Waals surface area contributed by atoms with Crippen LogP contribution in [0.15, 0.2) is 12.3 Å². The van der Waals surface area contributed by atoms with Gasteiger partial charge in [0.15, 0.2) is 0 Å². The van der Waals surface area contributed by atoms with E-state index in [1.54, 1.807) is 6.20 Å². The molecule has 0 fully saturated rings. The quantitative estimate of drug-likeness (QED) is 0.833. The number of aromatic nitrogens is 1. The zero-order valence-electron chi connectivity index (χ0n) is 9.50. The van der Waals surface area contributed by atoms with E-state index in [4.69, 9.17) is 4.74 Å². The third kappa shape index (κ3) is 3.58. The molecule has 0 saturated carbocycles. The van der Waals surface area contributed by atoms with Gasteiger partial charge in [-0.15, -0.1) is 0 Å². The molecule has 0 aliphatic heterocycles. The molecule has 84 valence electrons. The van der Waals surface area contributed by atoms with Crippen molar-refractivity contribution >= 4 is 11.6 Å². The van der Waals surface area contributed by atoms with Crippen LogP contribution >= 0.6 is 0 Å². The second kappa shape index (κ2) is 4.77. The van der Waals surface area contributed by atoms with Gasteiger partial charge in [0.1, 0.15) is 0 Å². The molecule has 4 heteroatoms. The number of amides is 1. The van der Waals surface area contributed by atoms with E-state index in [0.29, 0.717) is 5.88 Å². The van der Waals surface area contributed by atoms with Crippen LogP contribution in [0.4, 0.5) is 5.69 Å². The number of rotatable bonds is 3. The van der Waals surface area contributed by atoms with Gasteiger partial charge in [0, 0.05) is 14.4 Å². The summed E-state index contributed by atoms with van der Waals surface area (Å²) in [6.45, 7) is 7.26. The van der Waals surface area contributed by atoms with Crippen LogP contribution < -0.4 is 10.1 Å². The number of hydrogen-bond acceptors (Lipinski definition) is 3. The maximum Gasteiger partial charge on any atom is 0.221 e. The molecule has 15 heavy (non-hydrogen) atoms. The highest BCUT2D eigenvalue weighted by Crippen LogP contribution is 2.18. The van der Waals surface area contributed by atoms with Crippen LogP contribution in [-0.4, -0.2) is 17.0 Å². The number of aryl methyl sites for hydroxylation is 1. The molecule has 0 bridgehead atoms. The molecule has 1 amide bonds. The number of nitrogens with one attached hydrogen (secondary N) is 1. The normalized spacial score (nSPS) is 10.2. The molecule has 0 saturated heterocycles. The average molecular weight is 210 g/mol. The minimum Gasteiger partial charge on any atom is -0.475 e. The summed E-state index contributed by atoms with van der Waals surface area (Å²) in [5, 5.41) is 2.70. The van der Waals surface area contributed by atoms with Gasteiger partial charge < -0.3 is 10.1 Å². The summed E-state index contributed by atoms with van der Waals surface area (Å²) in [6.07, 6.45) is 1.71. The molecule has 1 rings (SSSR count). The van der Waals surface area contributed by atoms with Gasteiger partial charge in [-0.05, 0) is 26.3 Å². The van der Waals surface area contributed by atoms with E-state index < -0.39 is 0 Å². The highest BCUT2D eigenvalue weighted by Gasteiger charge is 2.04. The van der Waals surface area contributed by atoms with Crippen molar-refractivity contribution in [2.75, 3.05) is 5.32 Å². The molecular weight excluding hydrogens is 192 g/mol. The highest BCUT2D eigenvalue weighted by atomic mass is 16.5. The van der Waals surface area contributed by atoms with Crippen molar-refractivity contribution in [3.05, 3.63) is 17.8 Å². The van der Waals surface area contributed by atoms with E-state index in [0.717, 1.165) is 11.3 Å². The molecule has 4 nitrogen and oxygen atoms in total. The fourth-order valence-corrected chi connectivity index (χ4v) is 1.16. The molecule has 1 N–H and O–H groups in total. The first-order chi connectivity index (χ1) is 6.99. The molecule has 1 heterocycles. The Kier molecular flexibility index (Phi) is 3.66. The topological polar surface area (TPSA) is 51.2 Å². The van der Waals surface area contributed by atoms with Crippen molar-refractivity contribution < 1.29 is 11.0 Å². The van der Waals surface area contributed by atoms with Gasteiger partial charge in [0.05, 0.1) is 18.0 Å². The fourth-order valence-electron chi connectivity index (χ4n) is 1.16.